The fraction of sp³-hybridized carbons (Fsp3) is 0.133. The van der Waals surface area contributed by atoms with Crippen LogP contribution in [0.25, 0.3) is 6.08 Å². The lowest BCUT2D eigenvalue weighted by Gasteiger charge is -2.04. The molecule has 21 heavy (non-hydrogen) atoms. The molecule has 2 aromatic heterocycles. The van der Waals surface area contributed by atoms with Crippen LogP contribution in [-0.2, 0) is 22.6 Å². The van der Waals surface area contributed by atoms with Gasteiger partial charge in [-0.25, -0.2) is 4.79 Å². The van der Waals surface area contributed by atoms with Gasteiger partial charge in [0.2, 0.25) is 5.91 Å². The number of aromatic nitrogens is 1. The van der Waals surface area contributed by atoms with E-state index >= 15 is 0 Å². The van der Waals surface area contributed by atoms with Crippen molar-refractivity contribution in [2.75, 3.05) is 0 Å². The molecule has 5 nitrogen and oxygen atoms in total. The minimum Gasteiger partial charge on any atom is -0.478 e. The Labute approximate surface area is 126 Å². The molecule has 2 rings (SSSR count). The zero-order valence-corrected chi connectivity index (χ0v) is 12.0. The number of carboxylic acid groups (broad SMARTS) is 1. The van der Waals surface area contributed by atoms with E-state index in [4.69, 9.17) is 5.11 Å². The molecule has 1 amide bonds. The Morgan fingerprint density at radius 3 is 2.95 bits per heavy atom. The van der Waals surface area contributed by atoms with Crippen molar-refractivity contribution >= 4 is 29.3 Å². The molecule has 0 aliphatic rings. The number of pyridine rings is 1. The quantitative estimate of drug-likeness (QED) is 0.801. The van der Waals surface area contributed by atoms with Gasteiger partial charge in [-0.2, -0.15) is 0 Å². The Hall–Kier alpha value is -2.47. The number of thiophene rings is 1. The fourth-order valence-electron chi connectivity index (χ4n) is 1.73. The monoisotopic (exact) mass is 302 g/mol. The summed E-state index contributed by atoms with van der Waals surface area (Å²) in [6.07, 6.45) is 6.21. The zero-order valence-electron chi connectivity index (χ0n) is 11.2. The summed E-state index contributed by atoms with van der Waals surface area (Å²) in [7, 11) is 0. The van der Waals surface area contributed by atoms with Crippen molar-refractivity contribution in [3.63, 3.8) is 0 Å². The molecule has 0 spiro atoms. The molecule has 2 aromatic rings. The molecule has 6 heteroatoms. The fourth-order valence-corrected chi connectivity index (χ4v) is 2.54. The summed E-state index contributed by atoms with van der Waals surface area (Å²) in [6.45, 7) is 0.385. The summed E-state index contributed by atoms with van der Waals surface area (Å²) in [5.41, 5.74) is 1.66. The number of amides is 1. The maximum atomic E-state index is 11.8. The van der Waals surface area contributed by atoms with E-state index in [1.54, 1.807) is 18.5 Å². The van der Waals surface area contributed by atoms with Gasteiger partial charge in [-0.1, -0.05) is 6.07 Å². The van der Waals surface area contributed by atoms with Crippen LogP contribution < -0.4 is 5.32 Å². The highest BCUT2D eigenvalue weighted by molar-refractivity contribution is 7.10. The van der Waals surface area contributed by atoms with Crippen LogP contribution in [-0.4, -0.2) is 22.0 Å². The summed E-state index contributed by atoms with van der Waals surface area (Å²) in [5, 5.41) is 13.3. The second-order valence-corrected chi connectivity index (χ2v) is 5.29. The first-order chi connectivity index (χ1) is 10.1. The van der Waals surface area contributed by atoms with Crippen LogP contribution >= 0.6 is 11.3 Å². The number of nitrogens with zero attached hydrogens (tertiary/aromatic N) is 1. The molecule has 0 aliphatic carbocycles. The molecule has 2 heterocycles. The van der Waals surface area contributed by atoms with E-state index in [1.807, 2.05) is 17.5 Å². The second kappa shape index (κ2) is 7.35. The van der Waals surface area contributed by atoms with E-state index in [9.17, 15) is 9.59 Å². The Balaban J connectivity index is 1.90. The van der Waals surface area contributed by atoms with Crippen LogP contribution in [0.15, 0.2) is 42.0 Å². The molecule has 0 radical (unpaired) electrons. The topological polar surface area (TPSA) is 79.3 Å². The largest absolute Gasteiger partial charge is 0.478 e. The van der Waals surface area contributed by atoms with Gasteiger partial charge in [0.15, 0.2) is 0 Å². The zero-order chi connectivity index (χ0) is 15.1. The smallest absolute Gasteiger partial charge is 0.328 e. The predicted octanol–water partition coefficient (Wildman–Crippen LogP) is 2.10. The number of carboxylic acids is 1. The lowest BCUT2D eigenvalue weighted by Crippen LogP contribution is -2.24. The van der Waals surface area contributed by atoms with Gasteiger partial charge in [-0.15, -0.1) is 11.3 Å². The minimum atomic E-state index is -0.993. The second-order valence-electron chi connectivity index (χ2n) is 4.29. The average molecular weight is 302 g/mol. The molecule has 108 valence electrons. The van der Waals surface area contributed by atoms with Crippen LogP contribution in [0.4, 0.5) is 0 Å². The number of carbonyl (C=O) groups is 2. The molecule has 0 aromatic carbocycles. The average Bonchev–Trinajstić information content (AvgIpc) is 2.91. The van der Waals surface area contributed by atoms with Crippen molar-refractivity contribution in [2.24, 2.45) is 0 Å². The van der Waals surface area contributed by atoms with Crippen molar-refractivity contribution in [1.82, 2.24) is 10.3 Å². The Kier molecular flexibility index (Phi) is 5.22. The highest BCUT2D eigenvalue weighted by Crippen LogP contribution is 2.18. The maximum Gasteiger partial charge on any atom is 0.328 e. The number of rotatable bonds is 6. The van der Waals surface area contributed by atoms with Gasteiger partial charge in [0.1, 0.15) is 0 Å². The van der Waals surface area contributed by atoms with E-state index < -0.39 is 5.97 Å². The molecule has 0 saturated heterocycles. The summed E-state index contributed by atoms with van der Waals surface area (Å²) in [6, 6.07) is 5.46. The highest BCUT2D eigenvalue weighted by Gasteiger charge is 2.06. The van der Waals surface area contributed by atoms with Crippen molar-refractivity contribution in [3.8, 4) is 0 Å². The molecule has 0 fully saturated rings. The summed E-state index contributed by atoms with van der Waals surface area (Å²) >= 11 is 1.48. The Morgan fingerprint density at radius 1 is 1.38 bits per heavy atom. The molecular formula is C15H14N2O3S. The normalized spacial score (nSPS) is 10.7. The molecule has 0 atom stereocenters. The first-order valence-electron chi connectivity index (χ1n) is 6.28. The van der Waals surface area contributed by atoms with Crippen molar-refractivity contribution < 1.29 is 14.7 Å². The summed E-state index contributed by atoms with van der Waals surface area (Å²) in [4.78, 5) is 27.2. The van der Waals surface area contributed by atoms with Gasteiger partial charge in [0, 0.05) is 23.3 Å². The van der Waals surface area contributed by atoms with E-state index in [1.165, 1.54) is 17.4 Å². The van der Waals surface area contributed by atoms with Crippen molar-refractivity contribution in [1.29, 1.82) is 0 Å². The van der Waals surface area contributed by atoms with Crippen LogP contribution in [0.2, 0.25) is 0 Å². The molecule has 0 saturated carbocycles. The van der Waals surface area contributed by atoms with Crippen LogP contribution in [0, 0.1) is 0 Å². The third kappa shape index (κ3) is 4.85. The van der Waals surface area contributed by atoms with E-state index in [2.05, 4.69) is 10.3 Å². The minimum absolute atomic E-state index is 0.0930. The predicted molar refractivity (Wildman–Crippen MR) is 80.8 cm³/mol. The number of carbonyl (C=O) groups excluding carboxylic acids is 1. The number of aliphatic carboxylic acids is 1. The Morgan fingerprint density at radius 2 is 2.24 bits per heavy atom. The number of hydrogen-bond acceptors (Lipinski definition) is 4. The van der Waals surface area contributed by atoms with Crippen LogP contribution in [0.3, 0.4) is 0 Å². The van der Waals surface area contributed by atoms with Gasteiger partial charge in [-0.05, 0) is 34.7 Å². The standard InChI is InChI=1S/C15H14N2O3S/c18-14(8-11-2-1-6-16-9-11)17-10-13-12(5-7-21-13)3-4-15(19)20/h1-7,9H,8,10H2,(H,17,18)(H,19,20)/b4-3+. The Bertz CT molecular complexity index is 650. The highest BCUT2D eigenvalue weighted by atomic mass is 32.1. The number of nitrogens with one attached hydrogen (secondary N) is 1. The van der Waals surface area contributed by atoms with Gasteiger partial charge in [0.25, 0.3) is 0 Å². The van der Waals surface area contributed by atoms with E-state index in [-0.39, 0.29) is 12.3 Å². The van der Waals surface area contributed by atoms with Gasteiger partial charge in [0.05, 0.1) is 13.0 Å². The SMILES string of the molecule is O=C(O)/C=C/c1ccsc1CNC(=O)Cc1cccnc1. The molecule has 0 bridgehead atoms. The van der Waals surface area contributed by atoms with Gasteiger partial charge >= 0.3 is 5.97 Å². The lowest BCUT2D eigenvalue weighted by atomic mass is 10.2. The van der Waals surface area contributed by atoms with E-state index in [0.717, 1.165) is 22.1 Å². The molecule has 0 aliphatic heterocycles. The van der Waals surface area contributed by atoms with E-state index in [0.29, 0.717) is 6.54 Å². The summed E-state index contributed by atoms with van der Waals surface area (Å²) in [5.74, 6) is -1.09. The molecule has 0 unspecified atom stereocenters. The lowest BCUT2D eigenvalue weighted by molar-refractivity contribution is -0.131. The van der Waals surface area contributed by atoms with Crippen molar-refractivity contribution in [2.45, 2.75) is 13.0 Å². The van der Waals surface area contributed by atoms with Gasteiger partial charge < -0.3 is 10.4 Å². The first-order valence-corrected chi connectivity index (χ1v) is 7.16. The van der Waals surface area contributed by atoms with Gasteiger partial charge in [-0.3, -0.25) is 9.78 Å². The number of hydrogen-bond donors (Lipinski definition) is 2. The maximum absolute atomic E-state index is 11.8. The van der Waals surface area contributed by atoms with Crippen LogP contribution in [0.1, 0.15) is 16.0 Å². The van der Waals surface area contributed by atoms with Crippen LogP contribution in [0.5, 0.6) is 0 Å². The van der Waals surface area contributed by atoms with Crippen molar-refractivity contribution in [3.05, 3.63) is 58.1 Å². The molecule has 2 N–H and O–H groups in total. The third-order valence-electron chi connectivity index (χ3n) is 2.72. The molecular weight excluding hydrogens is 288 g/mol. The first kappa shape index (κ1) is 14.9. The summed E-state index contributed by atoms with van der Waals surface area (Å²) < 4.78 is 0. The third-order valence-corrected chi connectivity index (χ3v) is 3.66.